The van der Waals surface area contributed by atoms with Crippen LogP contribution < -0.4 is 5.32 Å². The SMILES string of the molecule is CC(C)c1ccc(C(=O)N2CC(=O)NC(=O)C2C)cc1. The monoisotopic (exact) mass is 274 g/mol. The molecule has 3 amide bonds. The zero-order valence-electron chi connectivity index (χ0n) is 11.8. The van der Waals surface area contributed by atoms with Crippen LogP contribution in [0.5, 0.6) is 0 Å². The largest absolute Gasteiger partial charge is 0.318 e. The number of nitrogens with zero attached hydrogens (tertiary/aromatic N) is 1. The molecule has 5 heteroatoms. The second kappa shape index (κ2) is 5.45. The third kappa shape index (κ3) is 2.71. The van der Waals surface area contributed by atoms with Gasteiger partial charge < -0.3 is 4.90 Å². The first kappa shape index (κ1) is 14.2. The Morgan fingerprint density at radius 2 is 1.85 bits per heavy atom. The molecule has 0 aromatic heterocycles. The topological polar surface area (TPSA) is 66.5 Å². The second-order valence-electron chi connectivity index (χ2n) is 5.30. The summed E-state index contributed by atoms with van der Waals surface area (Å²) >= 11 is 0. The highest BCUT2D eigenvalue weighted by atomic mass is 16.2. The van der Waals surface area contributed by atoms with E-state index in [-0.39, 0.29) is 12.5 Å². The Kier molecular flexibility index (Phi) is 3.88. The molecule has 1 N–H and O–H groups in total. The van der Waals surface area contributed by atoms with Crippen LogP contribution in [0.25, 0.3) is 0 Å². The average molecular weight is 274 g/mol. The molecule has 0 radical (unpaired) electrons. The van der Waals surface area contributed by atoms with Crippen LogP contribution in [0, 0.1) is 0 Å². The van der Waals surface area contributed by atoms with Gasteiger partial charge in [-0.15, -0.1) is 0 Å². The Balaban J connectivity index is 2.21. The number of benzene rings is 1. The first-order chi connectivity index (χ1) is 9.40. The Hall–Kier alpha value is -2.17. The smallest absolute Gasteiger partial charge is 0.254 e. The molecule has 1 aliphatic rings. The van der Waals surface area contributed by atoms with Crippen molar-refractivity contribution in [2.45, 2.75) is 32.7 Å². The molecule has 0 saturated carbocycles. The number of amides is 3. The number of hydrogen-bond acceptors (Lipinski definition) is 3. The molecule has 106 valence electrons. The number of piperazine rings is 1. The normalized spacial score (nSPS) is 19.2. The minimum absolute atomic E-state index is 0.0856. The molecule has 1 saturated heterocycles. The number of nitrogens with one attached hydrogen (secondary N) is 1. The van der Waals surface area contributed by atoms with Crippen molar-refractivity contribution >= 4 is 17.7 Å². The lowest BCUT2D eigenvalue weighted by molar-refractivity contribution is -0.138. The van der Waals surface area contributed by atoms with Gasteiger partial charge in [0.25, 0.3) is 5.91 Å². The summed E-state index contributed by atoms with van der Waals surface area (Å²) < 4.78 is 0. The molecule has 1 unspecified atom stereocenters. The number of carbonyl (C=O) groups is 3. The zero-order chi connectivity index (χ0) is 14.9. The fraction of sp³-hybridized carbons (Fsp3) is 0.400. The maximum atomic E-state index is 12.4. The van der Waals surface area contributed by atoms with E-state index in [4.69, 9.17) is 0 Å². The van der Waals surface area contributed by atoms with Gasteiger partial charge in [0.2, 0.25) is 11.8 Å². The van der Waals surface area contributed by atoms with Gasteiger partial charge in [-0.3, -0.25) is 19.7 Å². The molecule has 1 heterocycles. The summed E-state index contributed by atoms with van der Waals surface area (Å²) in [5.74, 6) is -0.787. The van der Waals surface area contributed by atoms with Gasteiger partial charge in [0.15, 0.2) is 0 Å². The molecule has 1 aliphatic heterocycles. The van der Waals surface area contributed by atoms with E-state index in [1.54, 1.807) is 19.1 Å². The lowest BCUT2D eigenvalue weighted by Gasteiger charge is -2.31. The Morgan fingerprint density at radius 1 is 1.25 bits per heavy atom. The summed E-state index contributed by atoms with van der Waals surface area (Å²) in [5.41, 5.74) is 1.63. The molecule has 0 bridgehead atoms. The zero-order valence-corrected chi connectivity index (χ0v) is 11.8. The van der Waals surface area contributed by atoms with Crippen LogP contribution in [-0.4, -0.2) is 35.2 Å². The van der Waals surface area contributed by atoms with Crippen molar-refractivity contribution in [2.75, 3.05) is 6.54 Å². The molecule has 1 fully saturated rings. The van der Waals surface area contributed by atoms with Crippen molar-refractivity contribution in [3.05, 3.63) is 35.4 Å². The van der Waals surface area contributed by atoms with E-state index in [2.05, 4.69) is 19.2 Å². The van der Waals surface area contributed by atoms with Crippen LogP contribution in [0.4, 0.5) is 0 Å². The summed E-state index contributed by atoms with van der Waals surface area (Å²) in [6, 6.07) is 6.64. The molecular formula is C15H18N2O3. The molecule has 0 spiro atoms. The predicted octanol–water partition coefficient (Wildman–Crippen LogP) is 1.30. The van der Waals surface area contributed by atoms with Crippen molar-refractivity contribution in [2.24, 2.45) is 0 Å². The van der Waals surface area contributed by atoms with Crippen LogP contribution in [0.15, 0.2) is 24.3 Å². The summed E-state index contributed by atoms with van der Waals surface area (Å²) in [6.45, 7) is 5.68. The fourth-order valence-electron chi connectivity index (χ4n) is 2.14. The van der Waals surface area contributed by atoms with E-state index in [1.165, 1.54) is 4.90 Å². The summed E-state index contributed by atoms with van der Waals surface area (Å²) in [5, 5.41) is 2.22. The van der Waals surface area contributed by atoms with Crippen LogP contribution in [-0.2, 0) is 9.59 Å². The van der Waals surface area contributed by atoms with Gasteiger partial charge in [-0.1, -0.05) is 26.0 Å². The van der Waals surface area contributed by atoms with Crippen molar-refractivity contribution in [1.82, 2.24) is 10.2 Å². The van der Waals surface area contributed by atoms with E-state index >= 15 is 0 Å². The number of carbonyl (C=O) groups excluding carboxylic acids is 3. The van der Waals surface area contributed by atoms with Crippen LogP contribution in [0.1, 0.15) is 42.6 Å². The first-order valence-corrected chi connectivity index (χ1v) is 6.64. The third-order valence-electron chi connectivity index (χ3n) is 3.51. The average Bonchev–Trinajstić information content (AvgIpc) is 2.42. The Bertz CT molecular complexity index is 549. The lowest BCUT2D eigenvalue weighted by atomic mass is 10.0. The summed E-state index contributed by atoms with van der Waals surface area (Å²) in [4.78, 5) is 36.6. The second-order valence-corrected chi connectivity index (χ2v) is 5.30. The third-order valence-corrected chi connectivity index (χ3v) is 3.51. The molecule has 5 nitrogen and oxygen atoms in total. The predicted molar refractivity (Wildman–Crippen MR) is 74.2 cm³/mol. The number of rotatable bonds is 2. The molecule has 2 rings (SSSR count). The molecule has 20 heavy (non-hydrogen) atoms. The highest BCUT2D eigenvalue weighted by molar-refractivity contribution is 6.07. The highest BCUT2D eigenvalue weighted by Crippen LogP contribution is 2.17. The molecule has 1 aromatic rings. The van der Waals surface area contributed by atoms with Gasteiger partial charge in [0.1, 0.15) is 12.6 Å². The van der Waals surface area contributed by atoms with Crippen LogP contribution >= 0.6 is 0 Å². The van der Waals surface area contributed by atoms with Crippen molar-refractivity contribution < 1.29 is 14.4 Å². The Labute approximate surface area is 118 Å². The minimum Gasteiger partial charge on any atom is -0.318 e. The standard InChI is InChI=1S/C15H18N2O3/c1-9(2)11-4-6-12(7-5-11)15(20)17-8-13(18)16-14(19)10(17)3/h4-7,9-10H,8H2,1-3H3,(H,16,18,19). The van der Waals surface area contributed by atoms with E-state index in [9.17, 15) is 14.4 Å². The lowest BCUT2D eigenvalue weighted by Crippen LogP contribution is -2.58. The summed E-state index contributed by atoms with van der Waals surface area (Å²) in [6.07, 6.45) is 0. The van der Waals surface area contributed by atoms with E-state index < -0.39 is 17.9 Å². The van der Waals surface area contributed by atoms with Gasteiger partial charge >= 0.3 is 0 Å². The van der Waals surface area contributed by atoms with Crippen molar-refractivity contribution in [1.29, 1.82) is 0 Å². The van der Waals surface area contributed by atoms with Crippen molar-refractivity contribution in [3.8, 4) is 0 Å². The van der Waals surface area contributed by atoms with E-state index in [0.717, 1.165) is 5.56 Å². The number of imide groups is 1. The maximum Gasteiger partial charge on any atom is 0.254 e. The Morgan fingerprint density at radius 3 is 2.40 bits per heavy atom. The molecule has 1 aromatic carbocycles. The van der Waals surface area contributed by atoms with Crippen molar-refractivity contribution in [3.63, 3.8) is 0 Å². The fourth-order valence-corrected chi connectivity index (χ4v) is 2.14. The maximum absolute atomic E-state index is 12.4. The number of hydrogen-bond donors (Lipinski definition) is 1. The van der Waals surface area contributed by atoms with Gasteiger partial charge in [-0.2, -0.15) is 0 Å². The molecule has 1 atom stereocenters. The van der Waals surface area contributed by atoms with E-state index in [0.29, 0.717) is 11.5 Å². The minimum atomic E-state index is -0.634. The summed E-state index contributed by atoms with van der Waals surface area (Å²) in [7, 11) is 0. The molecule has 0 aliphatic carbocycles. The quantitative estimate of drug-likeness (QED) is 0.827. The first-order valence-electron chi connectivity index (χ1n) is 6.64. The van der Waals surface area contributed by atoms with Gasteiger partial charge in [0, 0.05) is 5.56 Å². The van der Waals surface area contributed by atoms with Crippen LogP contribution in [0.2, 0.25) is 0 Å². The molecular weight excluding hydrogens is 256 g/mol. The van der Waals surface area contributed by atoms with Gasteiger partial charge in [-0.25, -0.2) is 0 Å². The van der Waals surface area contributed by atoms with Crippen LogP contribution in [0.3, 0.4) is 0 Å². The van der Waals surface area contributed by atoms with E-state index in [1.807, 2.05) is 12.1 Å². The highest BCUT2D eigenvalue weighted by Gasteiger charge is 2.33. The van der Waals surface area contributed by atoms with Gasteiger partial charge in [0.05, 0.1) is 0 Å². The van der Waals surface area contributed by atoms with Gasteiger partial charge in [-0.05, 0) is 30.5 Å².